The lowest BCUT2D eigenvalue weighted by atomic mass is 10.2. The van der Waals surface area contributed by atoms with E-state index < -0.39 is 0 Å². The second-order valence-electron chi connectivity index (χ2n) is 5.31. The minimum absolute atomic E-state index is 0.314. The van der Waals surface area contributed by atoms with Gasteiger partial charge in [0.15, 0.2) is 17.0 Å². The molecule has 0 saturated heterocycles. The Hall–Kier alpha value is -1.72. The van der Waals surface area contributed by atoms with E-state index in [1.54, 1.807) is 6.33 Å². The zero-order chi connectivity index (χ0) is 12.7. The van der Waals surface area contributed by atoms with E-state index in [4.69, 9.17) is 0 Å². The van der Waals surface area contributed by atoms with Gasteiger partial charge in [-0.05, 0) is 39.5 Å². The molecule has 1 aliphatic carbocycles. The van der Waals surface area contributed by atoms with E-state index in [1.807, 2.05) is 4.68 Å². The maximum Gasteiger partial charge on any atom is 0.184 e. The molecule has 1 saturated carbocycles. The Morgan fingerprint density at radius 3 is 2.72 bits per heavy atom. The quantitative estimate of drug-likeness (QED) is 0.893. The SMILES string of the molecule is CC(C)Nc1ncnc2c1nnn2C(C)C1CC1. The van der Waals surface area contributed by atoms with Gasteiger partial charge in [-0.2, -0.15) is 0 Å². The summed E-state index contributed by atoms with van der Waals surface area (Å²) in [5.74, 6) is 1.50. The van der Waals surface area contributed by atoms with Gasteiger partial charge in [-0.25, -0.2) is 14.6 Å². The number of rotatable bonds is 4. The van der Waals surface area contributed by atoms with Crippen molar-refractivity contribution < 1.29 is 0 Å². The molecule has 1 atom stereocenters. The highest BCUT2D eigenvalue weighted by Crippen LogP contribution is 2.39. The van der Waals surface area contributed by atoms with Crippen LogP contribution in [0.25, 0.3) is 11.2 Å². The fraction of sp³-hybridized carbons (Fsp3) is 0.667. The number of anilines is 1. The highest BCUT2D eigenvalue weighted by molar-refractivity contribution is 5.81. The molecule has 2 aromatic rings. The topological polar surface area (TPSA) is 68.5 Å². The Balaban J connectivity index is 2.02. The van der Waals surface area contributed by atoms with Gasteiger partial charge in [0.1, 0.15) is 6.33 Å². The number of nitrogens with zero attached hydrogens (tertiary/aromatic N) is 5. The van der Waals surface area contributed by atoms with Crippen molar-refractivity contribution in [3.8, 4) is 0 Å². The third kappa shape index (κ3) is 1.91. The van der Waals surface area contributed by atoms with Gasteiger partial charge in [-0.1, -0.05) is 5.21 Å². The molecule has 0 aliphatic heterocycles. The fourth-order valence-electron chi connectivity index (χ4n) is 2.20. The molecule has 0 amide bonds. The van der Waals surface area contributed by atoms with Crippen molar-refractivity contribution >= 4 is 17.0 Å². The zero-order valence-corrected chi connectivity index (χ0v) is 11.0. The third-order valence-corrected chi connectivity index (χ3v) is 3.38. The van der Waals surface area contributed by atoms with E-state index in [0.29, 0.717) is 12.1 Å². The van der Waals surface area contributed by atoms with Gasteiger partial charge in [0.05, 0.1) is 6.04 Å². The second-order valence-corrected chi connectivity index (χ2v) is 5.31. The van der Waals surface area contributed by atoms with Crippen LogP contribution in [0.4, 0.5) is 5.82 Å². The Morgan fingerprint density at radius 2 is 2.06 bits per heavy atom. The molecule has 3 rings (SSSR count). The first kappa shape index (κ1) is 11.4. The summed E-state index contributed by atoms with van der Waals surface area (Å²) in [6, 6.07) is 0.686. The van der Waals surface area contributed by atoms with Gasteiger partial charge < -0.3 is 5.32 Å². The number of hydrogen-bond acceptors (Lipinski definition) is 5. The van der Waals surface area contributed by atoms with Gasteiger partial charge in [-0.15, -0.1) is 5.10 Å². The van der Waals surface area contributed by atoms with Crippen LogP contribution in [0.5, 0.6) is 0 Å². The van der Waals surface area contributed by atoms with Crippen molar-refractivity contribution in [2.24, 2.45) is 5.92 Å². The molecule has 0 bridgehead atoms. The lowest BCUT2D eigenvalue weighted by Crippen LogP contribution is -2.12. The summed E-state index contributed by atoms with van der Waals surface area (Å²) >= 11 is 0. The maximum atomic E-state index is 4.33. The average Bonchev–Trinajstić information content (AvgIpc) is 3.08. The van der Waals surface area contributed by atoms with Crippen LogP contribution in [0.1, 0.15) is 39.7 Å². The first-order valence-electron chi connectivity index (χ1n) is 6.49. The molecule has 6 heteroatoms. The largest absolute Gasteiger partial charge is 0.366 e. The molecule has 1 N–H and O–H groups in total. The second kappa shape index (κ2) is 4.19. The number of nitrogens with one attached hydrogen (secondary N) is 1. The predicted octanol–water partition coefficient (Wildman–Crippen LogP) is 2.01. The van der Waals surface area contributed by atoms with Gasteiger partial charge in [0, 0.05) is 6.04 Å². The van der Waals surface area contributed by atoms with Gasteiger partial charge in [0.25, 0.3) is 0 Å². The van der Waals surface area contributed by atoms with Crippen molar-refractivity contribution in [1.82, 2.24) is 25.0 Å². The molecular formula is C12H18N6. The summed E-state index contributed by atoms with van der Waals surface area (Å²) in [4.78, 5) is 8.57. The lowest BCUT2D eigenvalue weighted by Gasteiger charge is -2.11. The monoisotopic (exact) mass is 246 g/mol. The standard InChI is InChI=1S/C12H18N6/c1-7(2)15-11-10-12(14-6-13-11)18(17-16-10)8(3)9-4-5-9/h6-9H,4-5H2,1-3H3,(H,13,14,15). The van der Waals surface area contributed by atoms with Crippen LogP contribution in [0.3, 0.4) is 0 Å². The molecule has 0 radical (unpaired) electrons. The summed E-state index contributed by atoms with van der Waals surface area (Å²) < 4.78 is 1.93. The van der Waals surface area contributed by atoms with Crippen LogP contribution < -0.4 is 5.32 Å². The summed E-state index contributed by atoms with van der Waals surface area (Å²) in [6.07, 6.45) is 4.14. The highest BCUT2D eigenvalue weighted by atomic mass is 15.5. The van der Waals surface area contributed by atoms with Gasteiger partial charge >= 0.3 is 0 Å². The minimum Gasteiger partial charge on any atom is -0.366 e. The fourth-order valence-corrected chi connectivity index (χ4v) is 2.20. The van der Waals surface area contributed by atoms with Crippen LogP contribution in [0.2, 0.25) is 0 Å². The molecule has 1 aliphatic rings. The van der Waals surface area contributed by atoms with Crippen molar-refractivity contribution in [2.45, 2.75) is 45.7 Å². The van der Waals surface area contributed by atoms with E-state index in [1.165, 1.54) is 12.8 Å². The molecule has 0 aromatic carbocycles. The van der Waals surface area contributed by atoms with Crippen LogP contribution in [-0.4, -0.2) is 31.0 Å². The number of hydrogen-bond donors (Lipinski definition) is 1. The van der Waals surface area contributed by atoms with Crippen molar-refractivity contribution in [3.05, 3.63) is 6.33 Å². The van der Waals surface area contributed by atoms with Crippen LogP contribution in [-0.2, 0) is 0 Å². The molecule has 0 spiro atoms. The molecule has 2 aromatic heterocycles. The Bertz CT molecular complexity index is 557. The maximum absolute atomic E-state index is 4.33. The minimum atomic E-state index is 0.314. The van der Waals surface area contributed by atoms with Gasteiger partial charge in [-0.3, -0.25) is 0 Å². The van der Waals surface area contributed by atoms with E-state index in [0.717, 1.165) is 22.9 Å². The first-order valence-corrected chi connectivity index (χ1v) is 6.49. The smallest absolute Gasteiger partial charge is 0.184 e. The number of aromatic nitrogens is 5. The highest BCUT2D eigenvalue weighted by Gasteiger charge is 2.31. The average molecular weight is 246 g/mol. The van der Waals surface area contributed by atoms with Crippen LogP contribution >= 0.6 is 0 Å². The Labute approximate surface area is 106 Å². The summed E-state index contributed by atoms with van der Waals surface area (Å²) in [7, 11) is 0. The summed E-state index contributed by atoms with van der Waals surface area (Å²) in [5.41, 5.74) is 1.59. The van der Waals surface area contributed by atoms with Crippen LogP contribution in [0.15, 0.2) is 6.33 Å². The Morgan fingerprint density at radius 1 is 1.28 bits per heavy atom. The van der Waals surface area contributed by atoms with Crippen molar-refractivity contribution in [2.75, 3.05) is 5.32 Å². The molecule has 96 valence electrons. The van der Waals surface area contributed by atoms with E-state index in [2.05, 4.69) is 46.4 Å². The van der Waals surface area contributed by atoms with E-state index >= 15 is 0 Å². The van der Waals surface area contributed by atoms with E-state index in [9.17, 15) is 0 Å². The number of fused-ring (bicyclic) bond motifs is 1. The molecule has 6 nitrogen and oxygen atoms in total. The zero-order valence-electron chi connectivity index (χ0n) is 11.0. The van der Waals surface area contributed by atoms with Crippen LogP contribution in [0, 0.1) is 5.92 Å². The van der Waals surface area contributed by atoms with E-state index in [-0.39, 0.29) is 0 Å². The molecule has 1 unspecified atom stereocenters. The summed E-state index contributed by atoms with van der Waals surface area (Å²) in [6.45, 7) is 6.33. The molecule has 2 heterocycles. The Kier molecular flexibility index (Phi) is 2.65. The molecular weight excluding hydrogens is 228 g/mol. The normalized spacial score (nSPS) is 17.3. The predicted molar refractivity (Wildman–Crippen MR) is 69.3 cm³/mol. The molecule has 18 heavy (non-hydrogen) atoms. The first-order chi connectivity index (χ1) is 8.66. The van der Waals surface area contributed by atoms with Crippen molar-refractivity contribution in [1.29, 1.82) is 0 Å². The van der Waals surface area contributed by atoms with Crippen molar-refractivity contribution in [3.63, 3.8) is 0 Å². The summed E-state index contributed by atoms with van der Waals surface area (Å²) in [5, 5.41) is 11.8. The third-order valence-electron chi connectivity index (χ3n) is 3.38. The molecule has 1 fully saturated rings. The van der Waals surface area contributed by atoms with Gasteiger partial charge in [0.2, 0.25) is 0 Å². The lowest BCUT2D eigenvalue weighted by molar-refractivity contribution is 0.438.